The van der Waals surface area contributed by atoms with Gasteiger partial charge in [0.2, 0.25) is 0 Å². The van der Waals surface area contributed by atoms with Crippen molar-refractivity contribution in [2.24, 2.45) is 0 Å². The summed E-state index contributed by atoms with van der Waals surface area (Å²) in [5, 5.41) is 4.58. The largest absolute Gasteiger partial charge is 0.464 e. The van der Waals surface area contributed by atoms with E-state index in [1.165, 1.54) is 0 Å². The molecule has 0 spiro atoms. The van der Waals surface area contributed by atoms with Gasteiger partial charge in [-0.15, -0.1) is 0 Å². The topological polar surface area (TPSA) is 25.2 Å². The van der Waals surface area contributed by atoms with Crippen LogP contribution in [-0.4, -0.2) is 12.6 Å². The highest BCUT2D eigenvalue weighted by Gasteiger charge is 2.11. The molecule has 2 heteroatoms. The van der Waals surface area contributed by atoms with Crippen molar-refractivity contribution in [1.29, 1.82) is 0 Å². The summed E-state index contributed by atoms with van der Waals surface area (Å²) in [4.78, 5) is 0. The van der Waals surface area contributed by atoms with E-state index < -0.39 is 0 Å². The molecule has 17 heavy (non-hydrogen) atoms. The smallest absolute Gasteiger partial charge is 0.134 e. The Morgan fingerprint density at radius 2 is 2.18 bits per heavy atom. The van der Waals surface area contributed by atoms with Crippen LogP contribution >= 0.6 is 0 Å². The third-order valence-electron chi connectivity index (χ3n) is 3.11. The molecule has 2 aromatic rings. The van der Waals surface area contributed by atoms with E-state index in [4.69, 9.17) is 4.42 Å². The van der Waals surface area contributed by atoms with Crippen molar-refractivity contribution < 1.29 is 4.42 Å². The van der Waals surface area contributed by atoms with Crippen LogP contribution in [0.1, 0.15) is 25.8 Å². The monoisotopic (exact) mass is 229 g/mol. The summed E-state index contributed by atoms with van der Waals surface area (Å²) in [6, 6.07) is 8.58. The second kappa shape index (κ2) is 5.19. The maximum absolute atomic E-state index is 5.42. The van der Waals surface area contributed by atoms with Gasteiger partial charge < -0.3 is 9.73 Å². The molecule has 0 radical (unpaired) electrons. The Hall–Kier alpha value is -1.54. The molecule has 0 bridgehead atoms. The van der Waals surface area contributed by atoms with E-state index in [2.05, 4.69) is 43.9 Å². The van der Waals surface area contributed by atoms with Crippen molar-refractivity contribution in [1.82, 2.24) is 5.32 Å². The van der Waals surface area contributed by atoms with Gasteiger partial charge in [-0.25, -0.2) is 0 Å². The molecule has 2 nitrogen and oxygen atoms in total. The van der Waals surface area contributed by atoms with Crippen LogP contribution in [-0.2, 0) is 0 Å². The lowest BCUT2D eigenvalue weighted by atomic mass is 9.97. The Balaban J connectivity index is 2.28. The van der Waals surface area contributed by atoms with E-state index >= 15 is 0 Å². The molecule has 0 saturated heterocycles. The molecule has 2 rings (SSSR count). The average molecular weight is 229 g/mol. The van der Waals surface area contributed by atoms with Gasteiger partial charge in [0, 0.05) is 11.4 Å². The van der Waals surface area contributed by atoms with Crippen LogP contribution < -0.4 is 5.32 Å². The molecule has 1 heterocycles. The van der Waals surface area contributed by atoms with Crippen molar-refractivity contribution in [3.05, 3.63) is 42.7 Å². The zero-order valence-corrected chi connectivity index (χ0v) is 10.5. The van der Waals surface area contributed by atoms with Crippen molar-refractivity contribution in [2.75, 3.05) is 6.54 Å². The number of hydrogen-bond donors (Lipinski definition) is 1. The first-order chi connectivity index (χ1) is 8.26. The van der Waals surface area contributed by atoms with Crippen molar-refractivity contribution in [2.45, 2.75) is 26.3 Å². The van der Waals surface area contributed by atoms with Gasteiger partial charge in [0.25, 0.3) is 0 Å². The SMILES string of the molecule is C=C(c1ccc2ccoc2c1)C(CC)NCC. The molecular weight excluding hydrogens is 210 g/mol. The van der Waals surface area contributed by atoms with Crippen LogP contribution in [0.5, 0.6) is 0 Å². The van der Waals surface area contributed by atoms with E-state index in [1.54, 1.807) is 6.26 Å². The lowest BCUT2D eigenvalue weighted by molar-refractivity contribution is 0.610. The second-order valence-corrected chi connectivity index (χ2v) is 4.22. The quantitative estimate of drug-likeness (QED) is 0.842. The van der Waals surface area contributed by atoms with Crippen LogP contribution in [0, 0.1) is 0 Å². The molecular formula is C15H19NO. The molecule has 1 unspecified atom stereocenters. The molecule has 0 aliphatic heterocycles. The minimum Gasteiger partial charge on any atom is -0.464 e. The van der Waals surface area contributed by atoms with Gasteiger partial charge in [0.05, 0.1) is 6.26 Å². The van der Waals surface area contributed by atoms with Crippen molar-refractivity contribution in [3.63, 3.8) is 0 Å². The minimum atomic E-state index is 0.340. The molecule has 0 fully saturated rings. The fourth-order valence-electron chi connectivity index (χ4n) is 2.12. The number of nitrogens with one attached hydrogen (secondary N) is 1. The Kier molecular flexibility index (Phi) is 3.64. The number of fused-ring (bicyclic) bond motifs is 1. The molecule has 90 valence electrons. The molecule has 1 aromatic heterocycles. The number of rotatable bonds is 5. The standard InChI is InChI=1S/C15H19NO/c1-4-14(16-5-2)11(3)13-7-6-12-8-9-17-15(12)10-13/h6-10,14,16H,3-5H2,1-2H3. The average Bonchev–Trinajstić information content (AvgIpc) is 2.82. The Morgan fingerprint density at radius 1 is 1.35 bits per heavy atom. The Labute approximate surface area is 102 Å². The summed E-state index contributed by atoms with van der Waals surface area (Å²) in [5.74, 6) is 0. The third-order valence-corrected chi connectivity index (χ3v) is 3.11. The lowest BCUT2D eigenvalue weighted by Gasteiger charge is -2.18. The Morgan fingerprint density at radius 3 is 2.88 bits per heavy atom. The van der Waals surface area contributed by atoms with Gasteiger partial charge in [0.15, 0.2) is 0 Å². The fourth-order valence-corrected chi connectivity index (χ4v) is 2.12. The number of furan rings is 1. The molecule has 1 N–H and O–H groups in total. The summed E-state index contributed by atoms with van der Waals surface area (Å²) in [5.41, 5.74) is 3.21. The first kappa shape index (κ1) is 11.9. The summed E-state index contributed by atoms with van der Waals surface area (Å²) in [6.07, 6.45) is 2.77. The van der Waals surface area contributed by atoms with Crippen LogP contribution in [0.15, 0.2) is 41.5 Å². The van der Waals surface area contributed by atoms with Crippen LogP contribution in [0.25, 0.3) is 16.5 Å². The zero-order chi connectivity index (χ0) is 12.3. The molecule has 0 saturated carbocycles. The van der Waals surface area contributed by atoms with E-state index in [-0.39, 0.29) is 0 Å². The summed E-state index contributed by atoms with van der Waals surface area (Å²) in [6.45, 7) is 9.45. The molecule has 0 aliphatic carbocycles. The molecule has 0 aliphatic rings. The summed E-state index contributed by atoms with van der Waals surface area (Å²) < 4.78 is 5.42. The third kappa shape index (κ3) is 2.42. The first-order valence-electron chi connectivity index (χ1n) is 6.16. The van der Waals surface area contributed by atoms with Gasteiger partial charge in [-0.2, -0.15) is 0 Å². The predicted octanol–water partition coefficient (Wildman–Crippen LogP) is 3.83. The van der Waals surface area contributed by atoms with E-state index in [0.717, 1.165) is 35.1 Å². The van der Waals surface area contributed by atoms with Gasteiger partial charge in [0.1, 0.15) is 5.58 Å². The van der Waals surface area contributed by atoms with Crippen molar-refractivity contribution >= 4 is 16.5 Å². The van der Waals surface area contributed by atoms with Crippen LogP contribution in [0.2, 0.25) is 0 Å². The fraction of sp³-hybridized carbons (Fsp3) is 0.333. The normalized spacial score (nSPS) is 12.8. The second-order valence-electron chi connectivity index (χ2n) is 4.22. The lowest BCUT2D eigenvalue weighted by Crippen LogP contribution is -2.28. The molecule has 1 atom stereocenters. The minimum absolute atomic E-state index is 0.340. The summed E-state index contributed by atoms with van der Waals surface area (Å²) in [7, 11) is 0. The zero-order valence-electron chi connectivity index (χ0n) is 10.5. The molecule has 0 amide bonds. The highest BCUT2D eigenvalue weighted by atomic mass is 16.3. The first-order valence-corrected chi connectivity index (χ1v) is 6.16. The van der Waals surface area contributed by atoms with Gasteiger partial charge in [-0.1, -0.05) is 32.6 Å². The number of hydrogen-bond acceptors (Lipinski definition) is 2. The summed E-state index contributed by atoms with van der Waals surface area (Å²) >= 11 is 0. The Bertz CT molecular complexity index is 512. The van der Waals surface area contributed by atoms with E-state index in [9.17, 15) is 0 Å². The number of benzene rings is 1. The van der Waals surface area contributed by atoms with Gasteiger partial charge >= 0.3 is 0 Å². The van der Waals surface area contributed by atoms with E-state index in [0.29, 0.717) is 6.04 Å². The van der Waals surface area contributed by atoms with Crippen LogP contribution in [0.4, 0.5) is 0 Å². The van der Waals surface area contributed by atoms with Crippen molar-refractivity contribution in [3.8, 4) is 0 Å². The van der Waals surface area contributed by atoms with E-state index in [1.807, 2.05) is 6.07 Å². The maximum Gasteiger partial charge on any atom is 0.134 e. The predicted molar refractivity (Wildman–Crippen MR) is 73.0 cm³/mol. The molecule has 1 aromatic carbocycles. The maximum atomic E-state index is 5.42. The van der Waals surface area contributed by atoms with Crippen LogP contribution in [0.3, 0.4) is 0 Å². The van der Waals surface area contributed by atoms with Gasteiger partial charge in [-0.3, -0.25) is 0 Å². The number of likely N-dealkylation sites (N-methyl/N-ethyl adjacent to an activating group) is 1. The highest BCUT2D eigenvalue weighted by Crippen LogP contribution is 2.24. The highest BCUT2D eigenvalue weighted by molar-refractivity contribution is 5.82. The van der Waals surface area contributed by atoms with Gasteiger partial charge in [-0.05, 0) is 36.2 Å².